The highest BCUT2D eigenvalue weighted by atomic mass is 16.2. The lowest BCUT2D eigenvalue weighted by molar-refractivity contribution is -0.148. The zero-order valence-corrected chi connectivity index (χ0v) is 11.8. The third-order valence-electron chi connectivity index (χ3n) is 4.09. The molecule has 0 spiro atoms. The molecule has 1 saturated heterocycles. The maximum Gasteiger partial charge on any atom is 0.253 e. The predicted octanol–water partition coefficient (Wildman–Crippen LogP) is 1.09. The van der Waals surface area contributed by atoms with Gasteiger partial charge in [-0.05, 0) is 40.5 Å². The molecule has 104 valence electrons. The average Bonchev–Trinajstić information content (AvgIpc) is 2.55. The van der Waals surface area contributed by atoms with Crippen LogP contribution < -0.4 is 0 Å². The summed E-state index contributed by atoms with van der Waals surface area (Å²) in [4.78, 5) is 38.0. The molecule has 0 N–H and O–H groups in total. The summed E-state index contributed by atoms with van der Waals surface area (Å²) in [7, 11) is 0. The number of hydrogen-bond acceptors (Lipinski definition) is 3. The van der Waals surface area contributed by atoms with Gasteiger partial charge in [0, 0.05) is 29.3 Å². The summed E-state index contributed by atoms with van der Waals surface area (Å²) in [6.45, 7) is 7.86. The lowest BCUT2D eigenvalue weighted by Gasteiger charge is -2.54. The minimum absolute atomic E-state index is 0.156. The van der Waals surface area contributed by atoms with Gasteiger partial charge in [0.25, 0.3) is 11.8 Å². The van der Waals surface area contributed by atoms with Crippen molar-refractivity contribution in [3.05, 3.63) is 12.2 Å². The van der Waals surface area contributed by atoms with Crippen LogP contribution in [0.25, 0.3) is 0 Å². The summed E-state index contributed by atoms with van der Waals surface area (Å²) in [5, 5.41) is 0. The number of imide groups is 1. The molecule has 0 aromatic rings. The maximum absolute atomic E-state index is 11.8. The quantitative estimate of drug-likeness (QED) is 0.554. The molecule has 0 aromatic carbocycles. The number of nitrogens with zero attached hydrogens (tertiary/aromatic N) is 2. The van der Waals surface area contributed by atoms with Gasteiger partial charge < -0.3 is 4.90 Å². The van der Waals surface area contributed by atoms with Gasteiger partial charge in [-0.15, -0.1) is 0 Å². The molecule has 2 rings (SSSR count). The van der Waals surface area contributed by atoms with Crippen molar-refractivity contribution in [2.24, 2.45) is 0 Å². The summed E-state index contributed by atoms with van der Waals surface area (Å²) in [5.41, 5.74) is -0.755. The van der Waals surface area contributed by atoms with Crippen LogP contribution in [0, 0.1) is 0 Å². The van der Waals surface area contributed by atoms with E-state index in [1.54, 1.807) is 4.90 Å². The molecule has 0 saturated carbocycles. The second kappa shape index (κ2) is 4.18. The summed E-state index contributed by atoms with van der Waals surface area (Å²) in [6, 6.07) is -0.156. The van der Waals surface area contributed by atoms with E-state index < -0.39 is 0 Å². The minimum Gasteiger partial charge on any atom is -0.335 e. The van der Waals surface area contributed by atoms with Gasteiger partial charge in [0.1, 0.15) is 0 Å². The van der Waals surface area contributed by atoms with Gasteiger partial charge in [-0.1, -0.05) is 0 Å². The first kappa shape index (κ1) is 13.8. The molecule has 0 aliphatic carbocycles. The van der Waals surface area contributed by atoms with Gasteiger partial charge >= 0.3 is 0 Å². The van der Waals surface area contributed by atoms with Gasteiger partial charge in [-0.3, -0.25) is 19.3 Å². The molecule has 19 heavy (non-hydrogen) atoms. The lowest BCUT2D eigenvalue weighted by atomic mass is 9.77. The fourth-order valence-corrected chi connectivity index (χ4v) is 3.48. The molecule has 2 aliphatic rings. The predicted molar refractivity (Wildman–Crippen MR) is 70.1 cm³/mol. The first-order valence-corrected chi connectivity index (χ1v) is 6.49. The van der Waals surface area contributed by atoms with Crippen LogP contribution in [0.1, 0.15) is 40.5 Å². The van der Waals surface area contributed by atoms with Gasteiger partial charge in [0.15, 0.2) is 0 Å². The highest BCUT2D eigenvalue weighted by Crippen LogP contribution is 2.39. The van der Waals surface area contributed by atoms with Gasteiger partial charge in [0.05, 0.1) is 0 Å². The molecule has 3 amide bonds. The molecule has 0 radical (unpaired) electrons. The highest BCUT2D eigenvalue weighted by Gasteiger charge is 2.48. The second-order valence-corrected chi connectivity index (χ2v) is 6.54. The number of amides is 3. The molecule has 0 atom stereocenters. The van der Waals surface area contributed by atoms with Crippen LogP contribution >= 0.6 is 0 Å². The average molecular weight is 264 g/mol. The molecule has 2 heterocycles. The normalized spacial score (nSPS) is 26.1. The monoisotopic (exact) mass is 264 g/mol. The van der Waals surface area contributed by atoms with Crippen LogP contribution in [0.4, 0.5) is 0 Å². The molecule has 2 aliphatic heterocycles. The number of rotatable bonds is 2. The van der Waals surface area contributed by atoms with Gasteiger partial charge in [-0.2, -0.15) is 0 Å². The van der Waals surface area contributed by atoms with Gasteiger partial charge in [-0.25, -0.2) is 0 Å². The van der Waals surface area contributed by atoms with Crippen LogP contribution in [0.2, 0.25) is 0 Å². The molecular weight excluding hydrogens is 244 g/mol. The molecule has 0 bridgehead atoms. The van der Waals surface area contributed by atoms with E-state index in [0.29, 0.717) is 12.8 Å². The van der Waals surface area contributed by atoms with Crippen molar-refractivity contribution < 1.29 is 14.4 Å². The molecule has 0 aromatic heterocycles. The third-order valence-corrected chi connectivity index (χ3v) is 4.09. The Hall–Kier alpha value is -1.65. The van der Waals surface area contributed by atoms with E-state index in [-0.39, 0.29) is 28.9 Å². The van der Waals surface area contributed by atoms with Crippen molar-refractivity contribution in [2.45, 2.75) is 57.7 Å². The Morgan fingerprint density at radius 1 is 1.05 bits per heavy atom. The largest absolute Gasteiger partial charge is 0.335 e. The molecule has 1 fully saturated rings. The summed E-state index contributed by atoms with van der Waals surface area (Å²) < 4.78 is 0. The van der Waals surface area contributed by atoms with Crippen LogP contribution in [-0.4, -0.2) is 45.1 Å². The Labute approximate surface area is 113 Å². The Balaban J connectivity index is 2.29. The number of carbonyl (C=O) groups excluding carboxylic acids is 3. The number of likely N-dealkylation sites (tertiary alicyclic amines) is 1. The Morgan fingerprint density at radius 2 is 1.47 bits per heavy atom. The van der Waals surface area contributed by atoms with Gasteiger partial charge in [0.2, 0.25) is 6.41 Å². The Bertz CT molecular complexity index is 429. The van der Waals surface area contributed by atoms with Crippen molar-refractivity contribution in [3.63, 3.8) is 0 Å². The summed E-state index contributed by atoms with van der Waals surface area (Å²) >= 11 is 0. The van der Waals surface area contributed by atoms with Crippen LogP contribution in [-0.2, 0) is 14.4 Å². The number of hydrogen-bond donors (Lipinski definition) is 0. The summed E-state index contributed by atoms with van der Waals surface area (Å²) in [5.74, 6) is -0.498. The van der Waals surface area contributed by atoms with Crippen molar-refractivity contribution >= 4 is 18.2 Å². The Kier molecular flexibility index (Phi) is 3.03. The third kappa shape index (κ3) is 2.17. The minimum atomic E-state index is -0.378. The molecular formula is C14H20N2O3. The van der Waals surface area contributed by atoms with E-state index in [1.165, 1.54) is 17.1 Å². The topological polar surface area (TPSA) is 57.7 Å². The van der Waals surface area contributed by atoms with E-state index in [4.69, 9.17) is 0 Å². The molecule has 5 heteroatoms. The first-order chi connectivity index (χ1) is 8.69. The Morgan fingerprint density at radius 3 is 1.84 bits per heavy atom. The standard InChI is InChI=1S/C14H20N2O3/c1-13(2)7-10(8-14(3,4)15(13)9-17)16-11(18)5-6-12(16)19/h5-6,9-10H,7-8H2,1-4H3. The van der Waals surface area contributed by atoms with E-state index in [0.717, 1.165) is 6.41 Å². The van der Waals surface area contributed by atoms with Crippen LogP contribution in [0.5, 0.6) is 0 Å². The zero-order chi connectivity index (χ0) is 14.4. The second-order valence-electron chi connectivity index (χ2n) is 6.54. The fourth-order valence-electron chi connectivity index (χ4n) is 3.48. The zero-order valence-electron chi connectivity index (χ0n) is 11.8. The maximum atomic E-state index is 11.8. The van der Waals surface area contributed by atoms with Crippen molar-refractivity contribution in [1.82, 2.24) is 9.80 Å². The van der Waals surface area contributed by atoms with E-state index in [9.17, 15) is 14.4 Å². The van der Waals surface area contributed by atoms with Crippen LogP contribution in [0.15, 0.2) is 12.2 Å². The highest BCUT2D eigenvalue weighted by molar-refractivity contribution is 6.13. The SMILES string of the molecule is CC1(C)CC(N2C(=O)C=CC2=O)CC(C)(C)N1C=O. The number of piperidine rings is 1. The van der Waals surface area contributed by atoms with E-state index in [2.05, 4.69) is 0 Å². The lowest BCUT2D eigenvalue weighted by Crippen LogP contribution is -2.64. The fraction of sp³-hybridized carbons (Fsp3) is 0.643. The molecule has 5 nitrogen and oxygen atoms in total. The summed E-state index contributed by atoms with van der Waals surface area (Å²) in [6.07, 6.45) is 4.70. The van der Waals surface area contributed by atoms with Crippen LogP contribution in [0.3, 0.4) is 0 Å². The van der Waals surface area contributed by atoms with Crippen molar-refractivity contribution in [2.75, 3.05) is 0 Å². The molecule has 0 unspecified atom stereocenters. The number of carbonyl (C=O) groups is 3. The van der Waals surface area contributed by atoms with E-state index >= 15 is 0 Å². The first-order valence-electron chi connectivity index (χ1n) is 6.49. The smallest absolute Gasteiger partial charge is 0.253 e. The van der Waals surface area contributed by atoms with Crippen molar-refractivity contribution in [1.29, 1.82) is 0 Å². The van der Waals surface area contributed by atoms with Crippen molar-refractivity contribution in [3.8, 4) is 0 Å². The van der Waals surface area contributed by atoms with E-state index in [1.807, 2.05) is 27.7 Å².